The van der Waals surface area contributed by atoms with Gasteiger partial charge in [0.25, 0.3) is 0 Å². The molecule has 2 heterocycles. The van der Waals surface area contributed by atoms with E-state index in [1.165, 1.54) is 15.4 Å². The standard InChI is InChI=1S/C28H32N2O4/c1-15(2)17-8-10-21(11-9-17)30-27(33)24-20-12-18(22(13-20)25(24)28(30)34)6-5-7-19-14-23(31)29(16(3)4)26(19)32/h5-6,8-12,15-16,19-20,22,24-25H,7,13-14H2,1-4H3/b6-5+. The molecular formula is C28H32N2O4. The molecule has 1 aromatic rings. The lowest BCUT2D eigenvalue weighted by atomic mass is 9.81. The fourth-order valence-corrected chi connectivity index (χ4v) is 6.31. The lowest BCUT2D eigenvalue weighted by molar-refractivity contribution is -0.141. The average Bonchev–Trinajstić information content (AvgIpc) is 3.50. The van der Waals surface area contributed by atoms with E-state index in [2.05, 4.69) is 19.9 Å². The molecule has 4 aliphatic rings. The molecule has 5 unspecified atom stereocenters. The molecule has 0 N–H and O–H groups in total. The van der Waals surface area contributed by atoms with E-state index in [4.69, 9.17) is 0 Å². The van der Waals surface area contributed by atoms with Crippen LogP contribution in [0, 0.1) is 29.6 Å². The fraction of sp³-hybridized carbons (Fsp3) is 0.500. The van der Waals surface area contributed by atoms with Crippen LogP contribution < -0.4 is 4.90 Å². The van der Waals surface area contributed by atoms with E-state index in [-0.39, 0.29) is 65.7 Å². The van der Waals surface area contributed by atoms with E-state index in [9.17, 15) is 19.2 Å². The molecule has 34 heavy (non-hydrogen) atoms. The van der Waals surface area contributed by atoms with E-state index in [1.54, 1.807) is 0 Å². The summed E-state index contributed by atoms with van der Waals surface area (Å²) in [6, 6.07) is 7.62. The number of anilines is 1. The van der Waals surface area contributed by atoms with Crippen LogP contribution in [0.4, 0.5) is 5.69 Å². The Morgan fingerprint density at radius 1 is 0.941 bits per heavy atom. The lowest BCUT2D eigenvalue weighted by Crippen LogP contribution is -2.36. The quantitative estimate of drug-likeness (QED) is 0.596. The van der Waals surface area contributed by atoms with Crippen LogP contribution in [0.25, 0.3) is 0 Å². The molecule has 5 atom stereocenters. The third-order valence-corrected chi connectivity index (χ3v) is 8.00. The Bertz CT molecular complexity index is 1110. The lowest BCUT2D eigenvalue weighted by Gasteiger charge is -2.20. The number of allylic oxidation sites excluding steroid dienone is 4. The number of rotatable bonds is 6. The predicted octanol–water partition coefficient (Wildman–Crippen LogP) is 4.22. The van der Waals surface area contributed by atoms with Gasteiger partial charge in [-0.25, -0.2) is 0 Å². The van der Waals surface area contributed by atoms with Crippen molar-refractivity contribution in [3.63, 3.8) is 0 Å². The fourth-order valence-electron chi connectivity index (χ4n) is 6.31. The maximum Gasteiger partial charge on any atom is 0.238 e. The Balaban J connectivity index is 1.28. The maximum absolute atomic E-state index is 13.4. The normalized spacial score (nSPS) is 30.6. The molecule has 2 saturated heterocycles. The van der Waals surface area contributed by atoms with Crippen molar-refractivity contribution in [1.29, 1.82) is 0 Å². The smallest absolute Gasteiger partial charge is 0.238 e. The van der Waals surface area contributed by atoms with Gasteiger partial charge in [-0.1, -0.05) is 44.2 Å². The van der Waals surface area contributed by atoms with E-state index < -0.39 is 0 Å². The highest BCUT2D eigenvalue weighted by Crippen LogP contribution is 2.56. The second-order valence-electron chi connectivity index (χ2n) is 10.7. The molecule has 178 valence electrons. The summed E-state index contributed by atoms with van der Waals surface area (Å²) in [5.74, 6) is -0.750. The number of likely N-dealkylation sites (tertiary alicyclic amines) is 1. The Morgan fingerprint density at radius 2 is 1.62 bits per heavy atom. The van der Waals surface area contributed by atoms with Crippen LogP contribution in [-0.2, 0) is 19.2 Å². The first-order valence-corrected chi connectivity index (χ1v) is 12.4. The van der Waals surface area contributed by atoms with Crippen molar-refractivity contribution < 1.29 is 19.2 Å². The highest BCUT2D eigenvalue weighted by Gasteiger charge is 2.61. The highest BCUT2D eigenvalue weighted by atomic mass is 16.2. The Kier molecular flexibility index (Phi) is 5.58. The number of amides is 4. The monoisotopic (exact) mass is 460 g/mol. The van der Waals surface area contributed by atoms with Gasteiger partial charge in [0, 0.05) is 12.5 Å². The summed E-state index contributed by atoms with van der Waals surface area (Å²) in [6.45, 7) is 7.94. The van der Waals surface area contributed by atoms with Crippen molar-refractivity contribution in [2.24, 2.45) is 29.6 Å². The largest absolute Gasteiger partial charge is 0.280 e. The van der Waals surface area contributed by atoms with Crippen molar-refractivity contribution in [2.45, 2.75) is 58.9 Å². The van der Waals surface area contributed by atoms with E-state index in [0.717, 1.165) is 12.0 Å². The molecular weight excluding hydrogens is 428 g/mol. The number of hydrogen-bond acceptors (Lipinski definition) is 4. The summed E-state index contributed by atoms with van der Waals surface area (Å²) in [5.41, 5.74) is 2.92. The molecule has 2 aliphatic carbocycles. The van der Waals surface area contributed by atoms with Gasteiger partial charge in [-0.05, 0) is 67.7 Å². The van der Waals surface area contributed by atoms with Gasteiger partial charge in [0.15, 0.2) is 0 Å². The summed E-state index contributed by atoms with van der Waals surface area (Å²) < 4.78 is 0. The van der Waals surface area contributed by atoms with E-state index >= 15 is 0 Å². The number of hydrogen-bond donors (Lipinski definition) is 0. The van der Waals surface area contributed by atoms with Crippen LogP contribution in [0.3, 0.4) is 0 Å². The molecule has 6 heteroatoms. The molecule has 4 amide bonds. The molecule has 2 bridgehead atoms. The molecule has 0 aromatic heterocycles. The van der Waals surface area contributed by atoms with Crippen molar-refractivity contribution in [1.82, 2.24) is 4.90 Å². The number of carbonyl (C=O) groups excluding carboxylic acids is 4. The summed E-state index contributed by atoms with van der Waals surface area (Å²) in [7, 11) is 0. The van der Waals surface area contributed by atoms with E-state index in [1.807, 2.05) is 50.3 Å². The zero-order valence-corrected chi connectivity index (χ0v) is 20.2. The second-order valence-corrected chi connectivity index (χ2v) is 10.7. The first-order valence-electron chi connectivity index (χ1n) is 12.4. The van der Waals surface area contributed by atoms with Crippen LogP contribution in [-0.4, -0.2) is 34.6 Å². The first kappa shape index (κ1) is 22.8. The average molecular weight is 461 g/mol. The SMILES string of the molecule is CC(C)c1ccc(N2C(=O)C3C4C=C(/C=C/CC5CC(=O)N(C(C)C)C5=O)C(C4)C3C2=O)cc1. The zero-order chi connectivity index (χ0) is 24.3. The summed E-state index contributed by atoms with van der Waals surface area (Å²) >= 11 is 0. The minimum atomic E-state index is -0.308. The van der Waals surface area contributed by atoms with E-state index in [0.29, 0.717) is 18.0 Å². The van der Waals surface area contributed by atoms with Gasteiger partial charge in [-0.3, -0.25) is 29.0 Å². The number of fused-ring (bicyclic) bond motifs is 5. The van der Waals surface area contributed by atoms with Crippen LogP contribution in [0.5, 0.6) is 0 Å². The molecule has 2 aliphatic heterocycles. The number of nitrogens with zero attached hydrogens (tertiary/aromatic N) is 2. The van der Waals surface area contributed by atoms with Gasteiger partial charge in [0.1, 0.15) is 0 Å². The van der Waals surface area contributed by atoms with Gasteiger partial charge in [0.2, 0.25) is 23.6 Å². The van der Waals surface area contributed by atoms with Gasteiger partial charge in [-0.15, -0.1) is 0 Å². The van der Waals surface area contributed by atoms with Crippen LogP contribution in [0.15, 0.2) is 48.1 Å². The summed E-state index contributed by atoms with van der Waals surface area (Å²) in [5, 5.41) is 0. The number of imide groups is 2. The Hall–Kier alpha value is -3.02. The van der Waals surface area contributed by atoms with Gasteiger partial charge >= 0.3 is 0 Å². The van der Waals surface area contributed by atoms with Crippen LogP contribution >= 0.6 is 0 Å². The topological polar surface area (TPSA) is 74.8 Å². The Labute approximate surface area is 200 Å². The third kappa shape index (κ3) is 3.46. The van der Waals surface area contributed by atoms with Crippen molar-refractivity contribution in [2.75, 3.05) is 4.90 Å². The van der Waals surface area contributed by atoms with Gasteiger partial charge in [-0.2, -0.15) is 0 Å². The Morgan fingerprint density at radius 3 is 2.24 bits per heavy atom. The van der Waals surface area contributed by atoms with Crippen molar-refractivity contribution >= 4 is 29.3 Å². The first-order chi connectivity index (χ1) is 16.2. The molecule has 0 radical (unpaired) electrons. The van der Waals surface area contributed by atoms with Crippen molar-refractivity contribution in [3.8, 4) is 0 Å². The molecule has 1 saturated carbocycles. The number of carbonyl (C=O) groups is 4. The second kappa shape index (κ2) is 8.33. The van der Waals surface area contributed by atoms with Crippen LogP contribution in [0.2, 0.25) is 0 Å². The molecule has 6 nitrogen and oxygen atoms in total. The minimum Gasteiger partial charge on any atom is -0.280 e. The molecule has 3 fully saturated rings. The molecule has 0 spiro atoms. The maximum atomic E-state index is 13.4. The van der Waals surface area contributed by atoms with Gasteiger partial charge in [0.05, 0.1) is 23.4 Å². The molecule has 1 aromatic carbocycles. The third-order valence-electron chi connectivity index (χ3n) is 8.00. The van der Waals surface area contributed by atoms with Gasteiger partial charge < -0.3 is 0 Å². The predicted molar refractivity (Wildman–Crippen MR) is 129 cm³/mol. The minimum absolute atomic E-state index is 0.0377. The summed E-state index contributed by atoms with van der Waals surface area (Å²) in [4.78, 5) is 54.1. The van der Waals surface area contributed by atoms with Crippen LogP contribution in [0.1, 0.15) is 58.4 Å². The highest BCUT2D eigenvalue weighted by molar-refractivity contribution is 6.22. The van der Waals surface area contributed by atoms with Crippen molar-refractivity contribution in [3.05, 3.63) is 53.6 Å². The summed E-state index contributed by atoms with van der Waals surface area (Å²) in [6.07, 6.45) is 7.71. The zero-order valence-electron chi connectivity index (χ0n) is 20.2. The molecule has 5 rings (SSSR count). The number of benzene rings is 1.